The van der Waals surface area contributed by atoms with Crippen LogP contribution in [0.1, 0.15) is 30.9 Å². The summed E-state index contributed by atoms with van der Waals surface area (Å²) in [5, 5.41) is 3.57. The Hall–Kier alpha value is -0.680. The zero-order valence-corrected chi connectivity index (χ0v) is 13.1. The Balaban J connectivity index is 2.01. The summed E-state index contributed by atoms with van der Waals surface area (Å²) in [6.45, 7) is 3.10. The average Bonchev–Trinajstić information content (AvgIpc) is 2.97. The Labute approximate surface area is 128 Å². The molecule has 0 aromatic heterocycles. The number of thioether (sulfide) groups is 1. The normalized spacial score (nSPS) is 20.7. The molecular weight excluding hydrogens is 295 g/mol. The van der Waals surface area contributed by atoms with Gasteiger partial charge in [0.05, 0.1) is 5.56 Å². The van der Waals surface area contributed by atoms with Crippen molar-refractivity contribution in [1.29, 1.82) is 0 Å². The van der Waals surface area contributed by atoms with E-state index in [1.807, 2.05) is 11.8 Å². The van der Waals surface area contributed by atoms with Gasteiger partial charge in [-0.2, -0.15) is 24.9 Å². The van der Waals surface area contributed by atoms with E-state index < -0.39 is 11.7 Å². The van der Waals surface area contributed by atoms with Gasteiger partial charge in [0.25, 0.3) is 0 Å². The molecule has 1 fully saturated rings. The van der Waals surface area contributed by atoms with Crippen molar-refractivity contribution >= 4 is 11.8 Å². The van der Waals surface area contributed by atoms with Crippen LogP contribution in [-0.2, 0) is 12.6 Å². The van der Waals surface area contributed by atoms with Gasteiger partial charge in [-0.05, 0) is 60.9 Å². The molecule has 1 aromatic rings. The lowest BCUT2D eigenvalue weighted by Gasteiger charge is -2.24. The second-order valence-electron chi connectivity index (χ2n) is 5.58. The first-order valence-corrected chi connectivity index (χ1v) is 8.63. The fourth-order valence-corrected chi connectivity index (χ4v) is 4.03. The van der Waals surface area contributed by atoms with Gasteiger partial charge in [0.2, 0.25) is 0 Å². The molecule has 0 amide bonds. The highest BCUT2D eigenvalue weighted by Crippen LogP contribution is 2.30. The quantitative estimate of drug-likeness (QED) is 0.836. The minimum Gasteiger partial charge on any atom is -0.313 e. The Morgan fingerprint density at radius 1 is 1.29 bits per heavy atom. The van der Waals surface area contributed by atoms with Crippen LogP contribution in [0.3, 0.4) is 0 Å². The third kappa shape index (κ3) is 4.92. The van der Waals surface area contributed by atoms with Gasteiger partial charge >= 0.3 is 6.18 Å². The zero-order chi connectivity index (χ0) is 15.3. The van der Waals surface area contributed by atoms with E-state index in [1.165, 1.54) is 24.3 Å². The lowest BCUT2D eigenvalue weighted by molar-refractivity contribution is -0.137. The second-order valence-corrected chi connectivity index (χ2v) is 6.73. The van der Waals surface area contributed by atoms with Crippen molar-refractivity contribution < 1.29 is 13.2 Å². The van der Waals surface area contributed by atoms with Crippen molar-refractivity contribution in [2.75, 3.05) is 18.1 Å². The van der Waals surface area contributed by atoms with E-state index in [1.54, 1.807) is 12.1 Å². The van der Waals surface area contributed by atoms with E-state index in [4.69, 9.17) is 0 Å². The largest absolute Gasteiger partial charge is 0.416 e. The fraction of sp³-hybridized carbons (Fsp3) is 0.625. The van der Waals surface area contributed by atoms with Crippen LogP contribution in [0.25, 0.3) is 0 Å². The molecule has 0 saturated carbocycles. The van der Waals surface area contributed by atoms with Gasteiger partial charge in [-0.15, -0.1) is 0 Å². The molecule has 1 saturated heterocycles. The second kappa shape index (κ2) is 7.54. The first-order chi connectivity index (χ1) is 10.0. The molecule has 2 atom stereocenters. The van der Waals surface area contributed by atoms with Crippen molar-refractivity contribution in [3.05, 3.63) is 35.4 Å². The molecule has 2 rings (SSSR count). The van der Waals surface area contributed by atoms with Crippen LogP contribution in [0.15, 0.2) is 24.3 Å². The number of nitrogens with one attached hydrogen (secondary N) is 1. The van der Waals surface area contributed by atoms with Gasteiger partial charge < -0.3 is 5.32 Å². The molecule has 2 unspecified atom stereocenters. The third-order valence-corrected chi connectivity index (χ3v) is 5.12. The van der Waals surface area contributed by atoms with Gasteiger partial charge in [0.1, 0.15) is 0 Å². The smallest absolute Gasteiger partial charge is 0.313 e. The third-order valence-electron chi connectivity index (χ3n) is 3.93. The molecule has 0 bridgehead atoms. The van der Waals surface area contributed by atoms with Crippen molar-refractivity contribution in [3.8, 4) is 0 Å². The standard InChI is InChI=1S/C16H22F3NS/c1-2-8-20-15(13-7-9-21-11-13)10-12-3-5-14(6-4-12)16(17,18)19/h3-6,13,15,20H,2,7-11H2,1H3. The minimum atomic E-state index is -4.25. The predicted octanol–water partition coefficient (Wildman–Crippen LogP) is 4.37. The summed E-state index contributed by atoms with van der Waals surface area (Å²) in [5.41, 5.74) is 0.411. The molecule has 118 valence electrons. The molecule has 1 heterocycles. The number of halogens is 3. The van der Waals surface area contributed by atoms with Crippen molar-refractivity contribution in [1.82, 2.24) is 5.32 Å². The van der Waals surface area contributed by atoms with E-state index in [9.17, 15) is 13.2 Å². The maximum atomic E-state index is 12.6. The summed E-state index contributed by atoms with van der Waals surface area (Å²) in [5.74, 6) is 2.98. The van der Waals surface area contributed by atoms with Gasteiger partial charge in [-0.1, -0.05) is 19.1 Å². The van der Waals surface area contributed by atoms with Crippen LogP contribution in [0.2, 0.25) is 0 Å². The molecule has 21 heavy (non-hydrogen) atoms. The maximum absolute atomic E-state index is 12.6. The van der Waals surface area contributed by atoms with E-state index in [2.05, 4.69) is 12.2 Å². The SMILES string of the molecule is CCCNC(Cc1ccc(C(F)(F)F)cc1)C1CCSC1. The molecule has 1 N–H and O–H groups in total. The molecule has 0 aliphatic carbocycles. The summed E-state index contributed by atoms with van der Waals surface area (Å²) in [7, 11) is 0. The number of hydrogen-bond donors (Lipinski definition) is 1. The molecule has 0 radical (unpaired) electrons. The highest BCUT2D eigenvalue weighted by atomic mass is 32.2. The van der Waals surface area contributed by atoms with Crippen molar-refractivity contribution in [2.45, 2.75) is 38.4 Å². The van der Waals surface area contributed by atoms with Gasteiger partial charge in [-0.3, -0.25) is 0 Å². The van der Waals surface area contributed by atoms with E-state index >= 15 is 0 Å². The van der Waals surface area contributed by atoms with Crippen LogP contribution in [0.4, 0.5) is 13.2 Å². The van der Waals surface area contributed by atoms with Crippen molar-refractivity contribution in [3.63, 3.8) is 0 Å². The van der Waals surface area contributed by atoms with E-state index in [0.29, 0.717) is 12.0 Å². The summed E-state index contributed by atoms with van der Waals surface area (Å²) in [4.78, 5) is 0. The Kier molecular flexibility index (Phi) is 5.99. The number of hydrogen-bond acceptors (Lipinski definition) is 2. The lowest BCUT2D eigenvalue weighted by atomic mass is 9.92. The number of alkyl halides is 3. The Morgan fingerprint density at radius 2 is 2.00 bits per heavy atom. The van der Waals surface area contributed by atoms with E-state index in [-0.39, 0.29) is 0 Å². The predicted molar refractivity (Wildman–Crippen MR) is 82.7 cm³/mol. The number of rotatable bonds is 6. The Bertz CT molecular complexity index is 424. The number of benzene rings is 1. The molecule has 1 aromatic carbocycles. The fourth-order valence-electron chi connectivity index (χ4n) is 2.69. The van der Waals surface area contributed by atoms with Crippen LogP contribution in [0.5, 0.6) is 0 Å². The minimum absolute atomic E-state index is 0.372. The van der Waals surface area contributed by atoms with Crippen LogP contribution >= 0.6 is 11.8 Å². The van der Waals surface area contributed by atoms with Gasteiger partial charge in [0, 0.05) is 6.04 Å². The summed E-state index contributed by atoms with van der Waals surface area (Å²) in [6.07, 6.45) is -1.17. The Morgan fingerprint density at radius 3 is 2.52 bits per heavy atom. The summed E-state index contributed by atoms with van der Waals surface area (Å²) >= 11 is 1.97. The molecule has 1 nitrogen and oxygen atoms in total. The highest BCUT2D eigenvalue weighted by molar-refractivity contribution is 7.99. The van der Waals surface area contributed by atoms with Crippen LogP contribution in [0, 0.1) is 5.92 Å². The summed E-state index contributed by atoms with van der Waals surface area (Å²) in [6, 6.07) is 5.99. The summed E-state index contributed by atoms with van der Waals surface area (Å²) < 4.78 is 37.7. The highest BCUT2D eigenvalue weighted by Gasteiger charge is 2.30. The first-order valence-electron chi connectivity index (χ1n) is 7.48. The molecule has 5 heteroatoms. The average molecular weight is 317 g/mol. The molecule has 1 aliphatic heterocycles. The van der Waals surface area contributed by atoms with Gasteiger partial charge in [0.15, 0.2) is 0 Å². The lowest BCUT2D eigenvalue weighted by Crippen LogP contribution is -2.38. The van der Waals surface area contributed by atoms with Gasteiger partial charge in [-0.25, -0.2) is 0 Å². The maximum Gasteiger partial charge on any atom is 0.416 e. The van der Waals surface area contributed by atoms with Crippen molar-refractivity contribution in [2.24, 2.45) is 5.92 Å². The van der Waals surface area contributed by atoms with Crippen LogP contribution < -0.4 is 5.32 Å². The zero-order valence-electron chi connectivity index (χ0n) is 12.2. The molecule has 0 spiro atoms. The van der Waals surface area contributed by atoms with Crippen LogP contribution in [-0.4, -0.2) is 24.1 Å². The first kappa shape index (κ1) is 16.7. The molecular formula is C16H22F3NS. The molecule has 1 aliphatic rings. The monoisotopic (exact) mass is 317 g/mol. The van der Waals surface area contributed by atoms with E-state index in [0.717, 1.165) is 30.7 Å². The topological polar surface area (TPSA) is 12.0 Å².